The van der Waals surface area contributed by atoms with E-state index in [0.29, 0.717) is 11.5 Å². The Morgan fingerprint density at radius 3 is 2.08 bits per heavy atom. The van der Waals surface area contributed by atoms with Crippen LogP contribution in [-0.2, 0) is 9.53 Å². The maximum Gasteiger partial charge on any atom is 0.410 e. The molecule has 0 spiro atoms. The van der Waals surface area contributed by atoms with Gasteiger partial charge in [-0.25, -0.2) is 4.79 Å². The summed E-state index contributed by atoms with van der Waals surface area (Å²) in [5.41, 5.74) is 0.127. The molecule has 0 radical (unpaired) electrons. The van der Waals surface area contributed by atoms with E-state index in [4.69, 9.17) is 14.2 Å². The van der Waals surface area contributed by atoms with Crippen LogP contribution in [0.25, 0.3) is 0 Å². The highest BCUT2D eigenvalue weighted by Gasteiger charge is 2.42. The third-order valence-corrected chi connectivity index (χ3v) is 4.09. The molecule has 138 valence electrons. The fourth-order valence-electron chi connectivity index (χ4n) is 2.91. The number of hydrogen-bond donors (Lipinski definition) is 1. The van der Waals surface area contributed by atoms with Crippen LogP contribution in [0.2, 0.25) is 0 Å². The standard InChI is InChI=1S/C18H25NO6/c1-18(2,3)25-17(22)19-9-14(15(10-19)16(20)21)11-6-12(23-4)8-13(7-11)24-5/h6-8,14-15H,9-10H2,1-5H3,(H,20,21)/t14-,15+/m0/s1. The summed E-state index contributed by atoms with van der Waals surface area (Å²) in [6.07, 6.45) is -0.504. The van der Waals surface area contributed by atoms with Gasteiger partial charge in [-0.15, -0.1) is 0 Å². The zero-order valence-electron chi connectivity index (χ0n) is 15.2. The van der Waals surface area contributed by atoms with Crippen LogP contribution in [0, 0.1) is 5.92 Å². The summed E-state index contributed by atoms with van der Waals surface area (Å²) in [5.74, 6) is -0.875. The molecule has 0 saturated carbocycles. The summed E-state index contributed by atoms with van der Waals surface area (Å²) < 4.78 is 15.9. The molecule has 1 aromatic rings. The van der Waals surface area contributed by atoms with Crippen molar-refractivity contribution < 1.29 is 28.9 Å². The minimum absolute atomic E-state index is 0.106. The second-order valence-corrected chi connectivity index (χ2v) is 7.08. The van der Waals surface area contributed by atoms with Gasteiger partial charge in [0.25, 0.3) is 0 Å². The number of hydrogen-bond acceptors (Lipinski definition) is 5. The van der Waals surface area contributed by atoms with Gasteiger partial charge in [-0.1, -0.05) is 0 Å². The van der Waals surface area contributed by atoms with Crippen LogP contribution in [0.1, 0.15) is 32.3 Å². The van der Waals surface area contributed by atoms with Crippen molar-refractivity contribution in [2.75, 3.05) is 27.3 Å². The minimum Gasteiger partial charge on any atom is -0.497 e. The molecule has 1 N–H and O–H groups in total. The van der Waals surface area contributed by atoms with Gasteiger partial charge in [0.15, 0.2) is 0 Å². The Morgan fingerprint density at radius 1 is 1.08 bits per heavy atom. The number of carbonyl (C=O) groups is 2. The van der Waals surface area contributed by atoms with Crippen LogP contribution in [0.5, 0.6) is 11.5 Å². The number of ether oxygens (including phenoxy) is 3. The van der Waals surface area contributed by atoms with E-state index in [2.05, 4.69) is 0 Å². The van der Waals surface area contributed by atoms with Crippen LogP contribution in [0.15, 0.2) is 18.2 Å². The average Bonchev–Trinajstić information content (AvgIpc) is 2.98. The number of carboxylic acid groups (broad SMARTS) is 1. The van der Waals surface area contributed by atoms with Crippen molar-refractivity contribution >= 4 is 12.1 Å². The largest absolute Gasteiger partial charge is 0.497 e. The summed E-state index contributed by atoms with van der Waals surface area (Å²) in [6, 6.07) is 5.28. The Labute approximate surface area is 147 Å². The first kappa shape index (κ1) is 18.9. The van der Waals surface area contributed by atoms with Crippen LogP contribution in [-0.4, -0.2) is 55.0 Å². The minimum atomic E-state index is -0.946. The number of carbonyl (C=O) groups excluding carboxylic acids is 1. The fraction of sp³-hybridized carbons (Fsp3) is 0.556. The summed E-state index contributed by atoms with van der Waals surface area (Å²) in [6.45, 7) is 5.71. The van der Waals surface area contributed by atoms with Crippen molar-refractivity contribution in [3.05, 3.63) is 23.8 Å². The quantitative estimate of drug-likeness (QED) is 0.898. The molecule has 25 heavy (non-hydrogen) atoms. The molecule has 0 aliphatic carbocycles. The van der Waals surface area contributed by atoms with Gasteiger partial charge in [0.2, 0.25) is 0 Å². The summed E-state index contributed by atoms with van der Waals surface area (Å²) in [5, 5.41) is 9.59. The molecule has 1 heterocycles. The Kier molecular flexibility index (Phi) is 5.45. The Bertz CT molecular complexity index is 629. The van der Waals surface area contributed by atoms with E-state index in [1.165, 1.54) is 19.1 Å². The van der Waals surface area contributed by atoms with Gasteiger partial charge in [0.05, 0.1) is 20.1 Å². The highest BCUT2D eigenvalue weighted by atomic mass is 16.6. The number of likely N-dealkylation sites (tertiary alicyclic amines) is 1. The molecule has 0 unspecified atom stereocenters. The Hall–Kier alpha value is -2.44. The van der Waals surface area contributed by atoms with Crippen molar-refractivity contribution in [1.82, 2.24) is 4.90 Å². The lowest BCUT2D eigenvalue weighted by atomic mass is 9.89. The second kappa shape index (κ2) is 7.21. The number of methoxy groups -OCH3 is 2. The molecule has 1 aromatic carbocycles. The van der Waals surface area contributed by atoms with Gasteiger partial charge in [0.1, 0.15) is 17.1 Å². The van der Waals surface area contributed by atoms with E-state index >= 15 is 0 Å². The second-order valence-electron chi connectivity index (χ2n) is 7.08. The molecule has 1 amide bonds. The number of aliphatic carboxylic acids is 1. The average molecular weight is 351 g/mol. The monoisotopic (exact) mass is 351 g/mol. The van der Waals surface area contributed by atoms with Gasteiger partial charge >= 0.3 is 12.1 Å². The molecule has 1 aliphatic heterocycles. The van der Waals surface area contributed by atoms with Crippen LogP contribution in [0.4, 0.5) is 4.79 Å². The molecule has 1 fully saturated rings. The number of rotatable bonds is 4. The fourth-order valence-corrected chi connectivity index (χ4v) is 2.91. The van der Waals surface area contributed by atoms with Gasteiger partial charge in [-0.3, -0.25) is 4.79 Å². The van der Waals surface area contributed by atoms with Crippen molar-refractivity contribution in [2.45, 2.75) is 32.3 Å². The van der Waals surface area contributed by atoms with Gasteiger partial charge in [-0.2, -0.15) is 0 Å². The van der Waals surface area contributed by atoms with Crippen molar-refractivity contribution in [1.29, 1.82) is 0 Å². The van der Waals surface area contributed by atoms with Crippen LogP contribution in [0.3, 0.4) is 0 Å². The normalized spacial score (nSPS) is 20.3. The Morgan fingerprint density at radius 2 is 1.64 bits per heavy atom. The van der Waals surface area contributed by atoms with Crippen molar-refractivity contribution in [3.8, 4) is 11.5 Å². The van der Waals surface area contributed by atoms with Crippen LogP contribution < -0.4 is 9.47 Å². The summed E-state index contributed by atoms with van der Waals surface area (Å²) in [4.78, 5) is 25.5. The lowest BCUT2D eigenvalue weighted by Gasteiger charge is -2.24. The third-order valence-electron chi connectivity index (χ3n) is 4.09. The van der Waals surface area contributed by atoms with Gasteiger partial charge in [-0.05, 0) is 38.5 Å². The van der Waals surface area contributed by atoms with Gasteiger partial charge in [0, 0.05) is 25.1 Å². The maximum absolute atomic E-state index is 12.3. The van der Waals surface area contributed by atoms with E-state index in [1.54, 1.807) is 39.0 Å². The molecule has 1 saturated heterocycles. The molecular weight excluding hydrogens is 326 g/mol. The van der Waals surface area contributed by atoms with E-state index in [0.717, 1.165) is 5.56 Å². The lowest BCUT2D eigenvalue weighted by Crippen LogP contribution is -2.35. The molecule has 0 aromatic heterocycles. The summed E-state index contributed by atoms with van der Waals surface area (Å²) in [7, 11) is 3.07. The Balaban J connectivity index is 2.30. The van der Waals surface area contributed by atoms with Crippen molar-refractivity contribution in [3.63, 3.8) is 0 Å². The molecule has 7 nitrogen and oxygen atoms in total. The molecule has 7 heteroatoms. The highest BCUT2D eigenvalue weighted by molar-refractivity contribution is 5.76. The van der Waals surface area contributed by atoms with Crippen molar-refractivity contribution in [2.24, 2.45) is 5.92 Å². The molecular formula is C18H25NO6. The van der Waals surface area contributed by atoms with E-state index < -0.39 is 23.6 Å². The molecule has 2 rings (SSSR count). The molecule has 1 aliphatic rings. The lowest BCUT2D eigenvalue weighted by molar-refractivity contribution is -0.141. The van der Waals surface area contributed by atoms with E-state index in [9.17, 15) is 14.7 Å². The summed E-state index contributed by atoms with van der Waals surface area (Å²) >= 11 is 0. The smallest absolute Gasteiger partial charge is 0.410 e. The maximum atomic E-state index is 12.3. The topological polar surface area (TPSA) is 85.3 Å². The highest BCUT2D eigenvalue weighted by Crippen LogP contribution is 2.37. The first-order chi connectivity index (χ1) is 11.6. The predicted molar refractivity (Wildman–Crippen MR) is 91.2 cm³/mol. The molecule has 0 bridgehead atoms. The number of amides is 1. The zero-order chi connectivity index (χ0) is 18.8. The van der Waals surface area contributed by atoms with E-state index in [1.807, 2.05) is 0 Å². The number of nitrogens with zero attached hydrogens (tertiary/aromatic N) is 1. The third kappa shape index (κ3) is 4.55. The number of carboxylic acids is 1. The molecule has 2 atom stereocenters. The van der Waals surface area contributed by atoms with Gasteiger partial charge < -0.3 is 24.2 Å². The first-order valence-electron chi connectivity index (χ1n) is 8.08. The number of benzene rings is 1. The zero-order valence-corrected chi connectivity index (χ0v) is 15.2. The predicted octanol–water partition coefficient (Wildman–Crippen LogP) is 2.74. The van der Waals surface area contributed by atoms with Crippen LogP contribution >= 0.6 is 0 Å². The first-order valence-corrected chi connectivity index (χ1v) is 8.08. The van der Waals surface area contributed by atoms with E-state index in [-0.39, 0.29) is 19.0 Å². The SMILES string of the molecule is COc1cc(OC)cc([C@@H]2CN(C(=O)OC(C)(C)C)C[C@H]2C(=O)O)c1.